The van der Waals surface area contributed by atoms with Crippen LogP contribution in [0.1, 0.15) is 25.8 Å². The summed E-state index contributed by atoms with van der Waals surface area (Å²) in [5, 5.41) is 2.63. The number of hydrogen-bond acceptors (Lipinski definition) is 5. The van der Waals surface area contributed by atoms with Crippen LogP contribution in [0.2, 0.25) is 0 Å². The van der Waals surface area contributed by atoms with Gasteiger partial charge in [0.1, 0.15) is 18.3 Å². The zero-order chi connectivity index (χ0) is 28.4. The van der Waals surface area contributed by atoms with Gasteiger partial charge in [-0.25, -0.2) is 8.42 Å². The van der Waals surface area contributed by atoms with E-state index in [0.717, 1.165) is 14.3 Å². The molecule has 0 fully saturated rings. The Bertz CT molecular complexity index is 1330. The van der Waals surface area contributed by atoms with Crippen LogP contribution in [-0.4, -0.2) is 57.9 Å². The molecular formula is C29H34BrN3O5S. The van der Waals surface area contributed by atoms with E-state index in [0.29, 0.717) is 30.9 Å². The van der Waals surface area contributed by atoms with Crippen molar-refractivity contribution in [1.82, 2.24) is 10.2 Å². The lowest BCUT2D eigenvalue weighted by Crippen LogP contribution is -2.52. The third-order valence-electron chi connectivity index (χ3n) is 6.23. The van der Waals surface area contributed by atoms with Crippen LogP contribution >= 0.6 is 15.9 Å². The smallest absolute Gasteiger partial charge is 0.264 e. The number of hydrogen-bond donors (Lipinski definition) is 1. The van der Waals surface area contributed by atoms with Gasteiger partial charge in [-0.05, 0) is 73.9 Å². The van der Waals surface area contributed by atoms with Crippen LogP contribution in [0, 0.1) is 0 Å². The van der Waals surface area contributed by atoms with Crippen LogP contribution in [-0.2, 0) is 26.0 Å². The molecule has 0 bridgehead atoms. The molecule has 1 N–H and O–H groups in total. The Balaban J connectivity index is 2.00. The van der Waals surface area contributed by atoms with Gasteiger partial charge in [-0.3, -0.25) is 13.9 Å². The van der Waals surface area contributed by atoms with E-state index in [1.165, 1.54) is 24.1 Å². The van der Waals surface area contributed by atoms with Crippen molar-refractivity contribution >= 4 is 43.5 Å². The van der Waals surface area contributed by atoms with Crippen molar-refractivity contribution in [2.45, 2.75) is 37.6 Å². The molecule has 0 saturated heterocycles. The Morgan fingerprint density at radius 2 is 1.59 bits per heavy atom. The number of rotatable bonds is 13. The van der Waals surface area contributed by atoms with Crippen molar-refractivity contribution in [3.63, 3.8) is 0 Å². The molecule has 0 aliphatic rings. The molecule has 0 saturated carbocycles. The van der Waals surface area contributed by atoms with E-state index < -0.39 is 28.5 Å². The Morgan fingerprint density at radius 3 is 2.15 bits per heavy atom. The van der Waals surface area contributed by atoms with Crippen LogP contribution in [0.15, 0.2) is 88.2 Å². The van der Waals surface area contributed by atoms with E-state index in [-0.39, 0.29) is 17.3 Å². The molecule has 0 radical (unpaired) electrons. The fourth-order valence-electron chi connectivity index (χ4n) is 4.20. The summed E-state index contributed by atoms with van der Waals surface area (Å²) in [6.07, 6.45) is 0.894. The van der Waals surface area contributed by atoms with Gasteiger partial charge in [0.15, 0.2) is 0 Å². The molecular weight excluding hydrogens is 582 g/mol. The second-order valence-corrected chi connectivity index (χ2v) is 11.5. The van der Waals surface area contributed by atoms with Gasteiger partial charge in [-0.15, -0.1) is 0 Å². The molecule has 39 heavy (non-hydrogen) atoms. The predicted molar refractivity (Wildman–Crippen MR) is 156 cm³/mol. The van der Waals surface area contributed by atoms with Gasteiger partial charge in [0.05, 0.1) is 17.2 Å². The number of amides is 2. The number of nitrogens with one attached hydrogen (secondary N) is 1. The average molecular weight is 617 g/mol. The Labute approximate surface area is 239 Å². The molecule has 0 aliphatic heterocycles. The maximum atomic E-state index is 13.9. The van der Waals surface area contributed by atoms with Gasteiger partial charge >= 0.3 is 0 Å². The third-order valence-corrected chi connectivity index (χ3v) is 8.55. The highest BCUT2D eigenvalue weighted by Crippen LogP contribution is 2.27. The molecule has 0 aliphatic carbocycles. The van der Waals surface area contributed by atoms with Crippen molar-refractivity contribution in [3.8, 4) is 5.75 Å². The highest BCUT2D eigenvalue weighted by Gasteiger charge is 2.33. The SMILES string of the molecule is CCOc1ccc(N(CC(=O)N(CCc2ccccc2)[C@H](CC)C(=O)NC)S(=O)(=O)c2ccc(Br)cc2)cc1. The summed E-state index contributed by atoms with van der Waals surface area (Å²) in [7, 11) is -2.60. The first kappa shape index (κ1) is 30.2. The molecule has 10 heteroatoms. The van der Waals surface area contributed by atoms with Gasteiger partial charge in [-0.1, -0.05) is 53.2 Å². The first-order chi connectivity index (χ1) is 18.7. The standard InChI is InChI=1S/C29H34BrN3O5S/c1-4-27(29(35)31-3)32(20-19-22-9-7-6-8-10-22)28(34)21-33(24-13-15-25(16-14-24)38-5-2)39(36,37)26-17-11-23(30)12-18-26/h6-18,27H,4-5,19-21H2,1-3H3,(H,31,35)/t27-/m1/s1. The molecule has 0 heterocycles. The molecule has 0 unspecified atom stereocenters. The van der Waals surface area contributed by atoms with Crippen molar-refractivity contribution in [3.05, 3.63) is 88.9 Å². The minimum absolute atomic E-state index is 0.0431. The minimum Gasteiger partial charge on any atom is -0.494 e. The first-order valence-electron chi connectivity index (χ1n) is 12.8. The molecule has 8 nitrogen and oxygen atoms in total. The van der Waals surface area contributed by atoms with Crippen LogP contribution < -0.4 is 14.4 Å². The lowest BCUT2D eigenvalue weighted by molar-refractivity contribution is -0.139. The third kappa shape index (κ3) is 7.83. The van der Waals surface area contributed by atoms with E-state index >= 15 is 0 Å². The zero-order valence-corrected chi connectivity index (χ0v) is 24.7. The highest BCUT2D eigenvalue weighted by molar-refractivity contribution is 9.10. The van der Waals surface area contributed by atoms with Crippen LogP contribution in [0.3, 0.4) is 0 Å². The Kier molecular flexibility index (Phi) is 10.9. The first-order valence-corrected chi connectivity index (χ1v) is 15.0. The molecule has 3 aromatic rings. The van der Waals surface area contributed by atoms with Crippen LogP contribution in [0.5, 0.6) is 5.75 Å². The number of carbonyl (C=O) groups is 2. The van der Waals surface area contributed by atoms with Crippen molar-refractivity contribution in [2.75, 3.05) is 31.0 Å². The summed E-state index contributed by atoms with van der Waals surface area (Å²) in [5.41, 5.74) is 1.32. The number of carbonyl (C=O) groups excluding carboxylic acids is 2. The fourth-order valence-corrected chi connectivity index (χ4v) is 5.88. The topological polar surface area (TPSA) is 96.0 Å². The molecule has 0 spiro atoms. The molecule has 0 aromatic heterocycles. The largest absolute Gasteiger partial charge is 0.494 e. The summed E-state index contributed by atoms with van der Waals surface area (Å²) in [4.78, 5) is 28.1. The number of nitrogens with zero attached hydrogens (tertiary/aromatic N) is 2. The molecule has 2 amide bonds. The highest BCUT2D eigenvalue weighted by atomic mass is 79.9. The second kappa shape index (κ2) is 14.1. The maximum absolute atomic E-state index is 13.9. The van der Waals surface area contributed by atoms with Crippen molar-refractivity contribution in [1.29, 1.82) is 0 Å². The number of ether oxygens (including phenoxy) is 1. The molecule has 3 rings (SSSR count). The van der Waals surface area contributed by atoms with Crippen LogP contribution in [0.4, 0.5) is 5.69 Å². The van der Waals surface area contributed by atoms with E-state index in [2.05, 4.69) is 21.2 Å². The number of sulfonamides is 1. The quantitative estimate of drug-likeness (QED) is 0.302. The Hall–Kier alpha value is -3.37. The van der Waals surface area contributed by atoms with Gasteiger partial charge in [0.25, 0.3) is 10.0 Å². The molecule has 1 atom stereocenters. The monoisotopic (exact) mass is 615 g/mol. The molecule has 208 valence electrons. The van der Waals surface area contributed by atoms with Gasteiger partial charge in [0, 0.05) is 18.1 Å². The second-order valence-electron chi connectivity index (χ2n) is 8.75. The van der Waals surface area contributed by atoms with Crippen molar-refractivity contribution < 1.29 is 22.7 Å². The molecule has 3 aromatic carbocycles. The summed E-state index contributed by atoms with van der Waals surface area (Å²) in [5.74, 6) is -0.193. The van der Waals surface area contributed by atoms with E-state index in [1.54, 1.807) is 36.4 Å². The normalized spacial score (nSPS) is 11.9. The summed E-state index contributed by atoms with van der Waals surface area (Å²) in [6.45, 7) is 3.93. The summed E-state index contributed by atoms with van der Waals surface area (Å²) in [6, 6.07) is 21.7. The number of halogens is 1. The van der Waals surface area contributed by atoms with E-state index in [1.807, 2.05) is 44.2 Å². The van der Waals surface area contributed by atoms with E-state index in [9.17, 15) is 18.0 Å². The number of likely N-dealkylation sites (N-methyl/N-ethyl adjacent to an activating group) is 1. The van der Waals surface area contributed by atoms with Gasteiger partial charge in [-0.2, -0.15) is 0 Å². The van der Waals surface area contributed by atoms with Gasteiger partial charge in [0.2, 0.25) is 11.8 Å². The number of anilines is 1. The zero-order valence-electron chi connectivity index (χ0n) is 22.3. The Morgan fingerprint density at radius 1 is 0.949 bits per heavy atom. The van der Waals surface area contributed by atoms with Crippen molar-refractivity contribution in [2.24, 2.45) is 0 Å². The van der Waals surface area contributed by atoms with E-state index in [4.69, 9.17) is 4.74 Å². The van der Waals surface area contributed by atoms with Crippen LogP contribution in [0.25, 0.3) is 0 Å². The lowest BCUT2D eigenvalue weighted by Gasteiger charge is -2.33. The lowest BCUT2D eigenvalue weighted by atomic mass is 10.1. The number of benzene rings is 3. The minimum atomic E-state index is -4.13. The summed E-state index contributed by atoms with van der Waals surface area (Å²) >= 11 is 3.34. The summed E-state index contributed by atoms with van der Waals surface area (Å²) < 4.78 is 35.0. The maximum Gasteiger partial charge on any atom is 0.264 e. The average Bonchev–Trinajstić information content (AvgIpc) is 2.95. The fraction of sp³-hybridized carbons (Fsp3) is 0.310. The predicted octanol–water partition coefficient (Wildman–Crippen LogP) is 4.64. The van der Waals surface area contributed by atoms with Gasteiger partial charge < -0.3 is 15.0 Å².